The van der Waals surface area contributed by atoms with Crippen molar-refractivity contribution >= 4 is 33.8 Å². The van der Waals surface area contributed by atoms with Crippen LogP contribution in [0.3, 0.4) is 0 Å². The van der Waals surface area contributed by atoms with Crippen molar-refractivity contribution in [2.45, 2.75) is 39.7 Å². The Morgan fingerprint density at radius 2 is 1.82 bits per heavy atom. The molecule has 0 radical (unpaired) electrons. The molecule has 2 aromatic carbocycles. The normalized spacial score (nSPS) is 13.2. The fraction of sp³-hybridized carbons (Fsp3) is 0.269. The van der Waals surface area contributed by atoms with Gasteiger partial charge in [-0.1, -0.05) is 32.4 Å². The van der Waals surface area contributed by atoms with E-state index in [1.807, 2.05) is 6.92 Å². The fourth-order valence-corrected chi connectivity index (χ4v) is 4.02. The van der Waals surface area contributed by atoms with Crippen molar-refractivity contribution in [3.05, 3.63) is 70.0 Å². The number of carboxylic acid groups (broad SMARTS) is 1. The molecule has 176 valence electrons. The molecule has 2 atom stereocenters. The summed E-state index contributed by atoms with van der Waals surface area (Å²) in [5, 5.41) is 15.2. The lowest BCUT2D eigenvalue weighted by Gasteiger charge is -2.25. The monoisotopic (exact) mass is 464 g/mol. The molecule has 0 bridgehead atoms. The average Bonchev–Trinajstić information content (AvgIpc) is 3.21. The largest absolute Gasteiger partial charge is 0.548 e. The number of hydrogen-bond acceptors (Lipinski definition) is 6. The highest BCUT2D eigenvalue weighted by atomic mass is 19.1. The van der Waals surface area contributed by atoms with Crippen molar-refractivity contribution in [2.75, 3.05) is 0 Å². The quantitative estimate of drug-likeness (QED) is 0.419. The molecule has 4 rings (SSSR count). The summed E-state index contributed by atoms with van der Waals surface area (Å²) in [7, 11) is 0. The maximum absolute atomic E-state index is 13.3. The van der Waals surface area contributed by atoms with Crippen LogP contribution in [0.1, 0.15) is 31.4 Å². The van der Waals surface area contributed by atoms with Gasteiger partial charge in [0.2, 0.25) is 5.91 Å². The Hall–Kier alpha value is -3.94. The van der Waals surface area contributed by atoms with Crippen LogP contribution in [0, 0.1) is 18.7 Å². The third kappa shape index (κ3) is 4.31. The number of furan rings is 1. The van der Waals surface area contributed by atoms with Gasteiger partial charge in [0.15, 0.2) is 0 Å². The fourth-order valence-electron chi connectivity index (χ4n) is 4.02. The summed E-state index contributed by atoms with van der Waals surface area (Å²) in [4.78, 5) is 36.7. The molecule has 0 aliphatic heterocycles. The van der Waals surface area contributed by atoms with Crippen LogP contribution in [-0.2, 0) is 16.0 Å². The summed E-state index contributed by atoms with van der Waals surface area (Å²) in [6, 6.07) is 8.24. The van der Waals surface area contributed by atoms with Crippen LogP contribution in [0.15, 0.2) is 56.3 Å². The van der Waals surface area contributed by atoms with E-state index < -0.39 is 23.5 Å². The number of nitrogens with one attached hydrogen (secondary N) is 1. The van der Waals surface area contributed by atoms with Crippen molar-refractivity contribution in [3.63, 3.8) is 0 Å². The summed E-state index contributed by atoms with van der Waals surface area (Å²) in [5.41, 5.74) is 2.29. The second kappa shape index (κ2) is 9.13. The Balaban J connectivity index is 1.74. The van der Waals surface area contributed by atoms with Gasteiger partial charge in [-0.15, -0.1) is 0 Å². The van der Waals surface area contributed by atoms with E-state index in [2.05, 4.69) is 5.32 Å². The number of hydrogen-bond donors (Lipinski definition) is 1. The number of carboxylic acids is 1. The van der Waals surface area contributed by atoms with E-state index in [9.17, 15) is 23.9 Å². The third-order valence-corrected chi connectivity index (χ3v) is 6.26. The molecule has 0 fully saturated rings. The Bertz CT molecular complexity index is 1450. The minimum Gasteiger partial charge on any atom is -0.548 e. The standard InChI is InChI=1S/C26H24FNO6/c1-4-13(2)24(25(30)31)28-23(29)10-18-14(3)17-9-19-20(15-5-7-16(27)8-6-15)12-33-21(19)11-22(17)34-26(18)32/h5-9,11-13,24H,4,10H2,1-3H3,(H,28,29)(H,30,31)/p-1/t13-,24+/m1/s1. The van der Waals surface area contributed by atoms with Crippen LogP contribution >= 0.6 is 0 Å². The second-order valence-corrected chi connectivity index (χ2v) is 8.42. The maximum Gasteiger partial charge on any atom is 0.340 e. The first-order chi connectivity index (χ1) is 16.2. The van der Waals surface area contributed by atoms with Gasteiger partial charge in [0, 0.05) is 22.4 Å². The lowest BCUT2D eigenvalue weighted by Crippen LogP contribution is -2.51. The predicted octanol–water partition coefficient (Wildman–Crippen LogP) is 3.48. The number of carbonyl (C=O) groups is 2. The minimum absolute atomic E-state index is 0.137. The zero-order chi connectivity index (χ0) is 24.6. The summed E-state index contributed by atoms with van der Waals surface area (Å²) >= 11 is 0. The Labute approximate surface area is 194 Å². The topological polar surface area (TPSA) is 113 Å². The first-order valence-corrected chi connectivity index (χ1v) is 10.9. The minimum atomic E-state index is -1.37. The Morgan fingerprint density at radius 3 is 2.47 bits per heavy atom. The number of aryl methyl sites for hydroxylation is 1. The van der Waals surface area contributed by atoms with Crippen LogP contribution in [0.2, 0.25) is 0 Å². The lowest BCUT2D eigenvalue weighted by atomic mass is 9.97. The van der Waals surface area contributed by atoms with Gasteiger partial charge in [0.1, 0.15) is 17.0 Å². The van der Waals surface area contributed by atoms with Gasteiger partial charge < -0.3 is 24.1 Å². The summed E-state index contributed by atoms with van der Waals surface area (Å²) in [6.45, 7) is 5.22. The van der Waals surface area contributed by atoms with Gasteiger partial charge in [0.05, 0.1) is 30.3 Å². The molecule has 2 heterocycles. The first kappa shape index (κ1) is 23.2. The molecule has 0 unspecified atom stereocenters. The van der Waals surface area contributed by atoms with Crippen molar-refractivity contribution < 1.29 is 27.9 Å². The molecule has 0 saturated heterocycles. The Kier molecular flexibility index (Phi) is 6.24. The molecule has 7 nitrogen and oxygen atoms in total. The lowest BCUT2D eigenvalue weighted by molar-refractivity contribution is -0.309. The molecular weight excluding hydrogens is 441 g/mol. The zero-order valence-corrected chi connectivity index (χ0v) is 18.9. The smallest absolute Gasteiger partial charge is 0.340 e. The molecule has 8 heteroatoms. The molecule has 0 spiro atoms. The van der Waals surface area contributed by atoms with Gasteiger partial charge in [-0.25, -0.2) is 9.18 Å². The van der Waals surface area contributed by atoms with E-state index in [4.69, 9.17) is 8.83 Å². The predicted molar refractivity (Wildman–Crippen MR) is 122 cm³/mol. The van der Waals surface area contributed by atoms with E-state index in [1.165, 1.54) is 12.1 Å². The Morgan fingerprint density at radius 1 is 1.12 bits per heavy atom. The van der Waals surface area contributed by atoms with Crippen LogP contribution in [0.5, 0.6) is 0 Å². The molecule has 4 aromatic rings. The number of carbonyl (C=O) groups excluding carboxylic acids is 2. The van der Waals surface area contributed by atoms with E-state index in [0.717, 1.165) is 16.5 Å². The number of fused-ring (bicyclic) bond motifs is 2. The van der Waals surface area contributed by atoms with Gasteiger partial charge in [-0.05, 0) is 42.2 Å². The molecule has 0 aliphatic carbocycles. The van der Waals surface area contributed by atoms with Gasteiger partial charge in [-0.2, -0.15) is 0 Å². The number of benzene rings is 2. The van der Waals surface area contributed by atoms with E-state index >= 15 is 0 Å². The molecule has 2 aromatic heterocycles. The molecule has 1 amide bonds. The maximum atomic E-state index is 13.3. The molecule has 34 heavy (non-hydrogen) atoms. The van der Waals surface area contributed by atoms with Gasteiger partial charge >= 0.3 is 5.63 Å². The molecule has 0 saturated carbocycles. The summed E-state index contributed by atoms with van der Waals surface area (Å²) < 4.78 is 24.4. The number of halogens is 1. The van der Waals surface area contributed by atoms with Crippen LogP contribution in [0.4, 0.5) is 4.39 Å². The second-order valence-electron chi connectivity index (χ2n) is 8.42. The van der Waals surface area contributed by atoms with Crippen molar-refractivity contribution in [3.8, 4) is 11.1 Å². The zero-order valence-electron chi connectivity index (χ0n) is 18.9. The third-order valence-electron chi connectivity index (χ3n) is 6.26. The van der Waals surface area contributed by atoms with Crippen molar-refractivity contribution in [1.29, 1.82) is 0 Å². The number of rotatable bonds is 7. The molecule has 1 N–H and O–H groups in total. The van der Waals surface area contributed by atoms with Crippen LogP contribution < -0.4 is 16.0 Å². The summed E-state index contributed by atoms with van der Waals surface area (Å²) in [5.74, 6) is -2.67. The number of amides is 1. The number of aliphatic carboxylic acids is 1. The molecular formula is C26H23FNO6-. The van der Waals surface area contributed by atoms with Gasteiger partial charge in [0.25, 0.3) is 0 Å². The molecule has 0 aliphatic rings. The highest BCUT2D eigenvalue weighted by Gasteiger charge is 2.22. The van der Waals surface area contributed by atoms with Gasteiger partial charge in [-0.3, -0.25) is 4.79 Å². The van der Waals surface area contributed by atoms with Crippen LogP contribution in [-0.4, -0.2) is 17.9 Å². The van der Waals surface area contributed by atoms with Crippen molar-refractivity contribution in [2.24, 2.45) is 5.92 Å². The van der Waals surface area contributed by atoms with E-state index in [1.54, 1.807) is 44.4 Å². The summed E-state index contributed by atoms with van der Waals surface area (Å²) in [6.07, 6.45) is 1.75. The van der Waals surface area contributed by atoms with Crippen molar-refractivity contribution in [1.82, 2.24) is 5.32 Å². The highest BCUT2D eigenvalue weighted by molar-refractivity contribution is 6.02. The SMILES string of the molecule is CC[C@@H](C)[C@H](NC(=O)Cc1c(C)c2cc3c(-c4ccc(F)cc4)coc3cc2oc1=O)C(=O)[O-]. The average molecular weight is 464 g/mol. The van der Waals surface area contributed by atoms with E-state index in [0.29, 0.717) is 28.5 Å². The van der Waals surface area contributed by atoms with Crippen LogP contribution in [0.25, 0.3) is 33.1 Å². The first-order valence-electron chi connectivity index (χ1n) is 10.9. The highest BCUT2D eigenvalue weighted by Crippen LogP contribution is 2.34. The van der Waals surface area contributed by atoms with E-state index in [-0.39, 0.29) is 23.7 Å².